The Kier molecular flexibility index (Phi) is 3.55. The van der Waals surface area contributed by atoms with Gasteiger partial charge in [-0.2, -0.15) is 0 Å². The number of nitrogens with one attached hydrogen (secondary N) is 1. The van der Waals surface area contributed by atoms with E-state index in [2.05, 4.69) is 12.2 Å². The zero-order valence-electron chi connectivity index (χ0n) is 10.3. The summed E-state index contributed by atoms with van der Waals surface area (Å²) in [5, 5.41) is 4.03. The van der Waals surface area contributed by atoms with E-state index in [9.17, 15) is 4.79 Å². The molecule has 92 valence electrons. The molecule has 1 fully saturated rings. The SMILES string of the molecule is CCC1(C(=O)c2ccc(C)c(Cl)c2)CCCN1. The molecule has 1 aromatic carbocycles. The summed E-state index contributed by atoms with van der Waals surface area (Å²) >= 11 is 6.08. The van der Waals surface area contributed by atoms with Crippen molar-refractivity contribution < 1.29 is 4.79 Å². The first-order valence-electron chi connectivity index (χ1n) is 6.15. The van der Waals surface area contributed by atoms with Crippen molar-refractivity contribution in [2.45, 2.75) is 38.6 Å². The van der Waals surface area contributed by atoms with Gasteiger partial charge in [0.25, 0.3) is 0 Å². The molecule has 0 aromatic heterocycles. The van der Waals surface area contributed by atoms with Crippen LogP contribution in [0.25, 0.3) is 0 Å². The maximum atomic E-state index is 12.5. The van der Waals surface area contributed by atoms with E-state index in [1.165, 1.54) is 0 Å². The molecule has 17 heavy (non-hydrogen) atoms. The van der Waals surface area contributed by atoms with Gasteiger partial charge in [0.15, 0.2) is 5.78 Å². The third kappa shape index (κ3) is 2.24. The van der Waals surface area contributed by atoms with E-state index < -0.39 is 0 Å². The summed E-state index contributed by atoms with van der Waals surface area (Å²) < 4.78 is 0. The minimum atomic E-state index is -0.363. The lowest BCUT2D eigenvalue weighted by atomic mass is 9.85. The zero-order chi connectivity index (χ0) is 12.5. The van der Waals surface area contributed by atoms with Crippen LogP contribution < -0.4 is 5.32 Å². The van der Waals surface area contributed by atoms with Crippen LogP contribution in [-0.2, 0) is 0 Å². The topological polar surface area (TPSA) is 29.1 Å². The average molecular weight is 252 g/mol. The van der Waals surface area contributed by atoms with Crippen molar-refractivity contribution in [1.82, 2.24) is 5.32 Å². The van der Waals surface area contributed by atoms with E-state index in [1.54, 1.807) is 6.07 Å². The van der Waals surface area contributed by atoms with Gasteiger partial charge in [0.05, 0.1) is 5.54 Å². The van der Waals surface area contributed by atoms with Gasteiger partial charge in [0, 0.05) is 10.6 Å². The molecule has 0 amide bonds. The normalized spacial score (nSPS) is 23.9. The predicted molar refractivity (Wildman–Crippen MR) is 70.8 cm³/mol. The summed E-state index contributed by atoms with van der Waals surface area (Å²) in [5.41, 5.74) is 1.36. The summed E-state index contributed by atoms with van der Waals surface area (Å²) in [6.07, 6.45) is 2.82. The summed E-state index contributed by atoms with van der Waals surface area (Å²) in [4.78, 5) is 12.5. The molecule has 1 N–H and O–H groups in total. The molecule has 1 aliphatic heterocycles. The van der Waals surface area contributed by atoms with Crippen molar-refractivity contribution >= 4 is 17.4 Å². The zero-order valence-corrected chi connectivity index (χ0v) is 11.1. The minimum Gasteiger partial charge on any atom is -0.305 e. The van der Waals surface area contributed by atoms with E-state index in [-0.39, 0.29) is 11.3 Å². The third-order valence-electron chi connectivity index (χ3n) is 3.72. The van der Waals surface area contributed by atoms with E-state index in [1.807, 2.05) is 19.1 Å². The molecule has 0 bridgehead atoms. The Balaban J connectivity index is 2.32. The van der Waals surface area contributed by atoms with Gasteiger partial charge in [0.2, 0.25) is 0 Å². The monoisotopic (exact) mass is 251 g/mol. The number of hydrogen-bond donors (Lipinski definition) is 1. The van der Waals surface area contributed by atoms with E-state index in [0.717, 1.165) is 36.9 Å². The van der Waals surface area contributed by atoms with Crippen LogP contribution in [-0.4, -0.2) is 17.9 Å². The highest BCUT2D eigenvalue weighted by Gasteiger charge is 2.39. The van der Waals surface area contributed by atoms with Crippen LogP contribution in [0, 0.1) is 6.92 Å². The van der Waals surface area contributed by atoms with Gasteiger partial charge in [-0.3, -0.25) is 4.79 Å². The lowest BCUT2D eigenvalue weighted by Crippen LogP contribution is -2.47. The molecule has 2 rings (SSSR count). The molecule has 1 heterocycles. The number of hydrogen-bond acceptors (Lipinski definition) is 2. The fourth-order valence-electron chi connectivity index (χ4n) is 2.47. The molecular weight excluding hydrogens is 234 g/mol. The maximum Gasteiger partial charge on any atom is 0.182 e. The van der Waals surface area contributed by atoms with Gasteiger partial charge in [-0.05, 0) is 44.4 Å². The minimum absolute atomic E-state index is 0.180. The van der Waals surface area contributed by atoms with Crippen molar-refractivity contribution in [2.75, 3.05) is 6.54 Å². The first-order chi connectivity index (χ1) is 8.09. The fraction of sp³-hybridized carbons (Fsp3) is 0.500. The number of benzene rings is 1. The third-order valence-corrected chi connectivity index (χ3v) is 4.12. The highest BCUT2D eigenvalue weighted by Crippen LogP contribution is 2.28. The first kappa shape index (κ1) is 12.6. The number of aryl methyl sites for hydroxylation is 1. The number of carbonyl (C=O) groups is 1. The molecule has 0 aliphatic carbocycles. The van der Waals surface area contributed by atoms with Gasteiger partial charge in [-0.25, -0.2) is 0 Å². The average Bonchev–Trinajstić information content (AvgIpc) is 2.81. The molecule has 0 radical (unpaired) electrons. The fourth-order valence-corrected chi connectivity index (χ4v) is 2.65. The van der Waals surface area contributed by atoms with Crippen molar-refractivity contribution in [3.05, 3.63) is 34.3 Å². The van der Waals surface area contributed by atoms with E-state index >= 15 is 0 Å². The summed E-state index contributed by atoms with van der Waals surface area (Å²) in [6.45, 7) is 4.94. The smallest absolute Gasteiger partial charge is 0.182 e. The maximum absolute atomic E-state index is 12.5. The lowest BCUT2D eigenvalue weighted by molar-refractivity contribution is 0.0864. The van der Waals surface area contributed by atoms with Crippen molar-refractivity contribution in [3.8, 4) is 0 Å². The molecule has 1 saturated heterocycles. The Morgan fingerprint density at radius 1 is 1.53 bits per heavy atom. The van der Waals surface area contributed by atoms with Crippen LogP contribution in [0.5, 0.6) is 0 Å². The lowest BCUT2D eigenvalue weighted by Gasteiger charge is -2.26. The molecule has 1 unspecified atom stereocenters. The van der Waals surface area contributed by atoms with Crippen molar-refractivity contribution in [2.24, 2.45) is 0 Å². The Labute approximate surface area is 107 Å². The molecule has 2 nitrogen and oxygen atoms in total. The molecule has 0 saturated carbocycles. The van der Waals surface area contributed by atoms with Gasteiger partial charge in [-0.15, -0.1) is 0 Å². The van der Waals surface area contributed by atoms with Crippen molar-refractivity contribution in [3.63, 3.8) is 0 Å². The molecule has 3 heteroatoms. The van der Waals surface area contributed by atoms with Gasteiger partial charge in [-0.1, -0.05) is 30.7 Å². The van der Waals surface area contributed by atoms with Crippen molar-refractivity contribution in [1.29, 1.82) is 0 Å². The number of rotatable bonds is 3. The number of ketones is 1. The van der Waals surface area contributed by atoms with Gasteiger partial charge >= 0.3 is 0 Å². The van der Waals surface area contributed by atoms with Crippen LogP contribution in [0.15, 0.2) is 18.2 Å². The van der Waals surface area contributed by atoms with E-state index in [4.69, 9.17) is 11.6 Å². The molecular formula is C14H18ClNO. The summed E-state index contributed by atoms with van der Waals surface area (Å²) in [7, 11) is 0. The largest absolute Gasteiger partial charge is 0.305 e. The molecule has 1 aliphatic rings. The Morgan fingerprint density at radius 3 is 2.82 bits per heavy atom. The van der Waals surface area contributed by atoms with Crippen LogP contribution >= 0.6 is 11.6 Å². The standard InChI is InChI=1S/C14H18ClNO/c1-3-14(7-4-8-16-14)13(17)11-6-5-10(2)12(15)9-11/h5-6,9,16H,3-4,7-8H2,1-2H3. The summed E-state index contributed by atoms with van der Waals surface area (Å²) in [5.74, 6) is 0.180. The Hall–Kier alpha value is -0.860. The number of carbonyl (C=O) groups excluding carboxylic acids is 1. The summed E-state index contributed by atoms with van der Waals surface area (Å²) in [6, 6.07) is 5.57. The quantitative estimate of drug-likeness (QED) is 0.835. The second-order valence-electron chi connectivity index (χ2n) is 4.76. The molecule has 0 spiro atoms. The highest BCUT2D eigenvalue weighted by atomic mass is 35.5. The van der Waals surface area contributed by atoms with Gasteiger partial charge in [0.1, 0.15) is 0 Å². The van der Waals surface area contributed by atoms with Crippen LogP contribution in [0.1, 0.15) is 42.1 Å². The molecule has 1 aromatic rings. The van der Waals surface area contributed by atoms with Crippen LogP contribution in [0.3, 0.4) is 0 Å². The second kappa shape index (κ2) is 4.79. The number of halogens is 1. The highest BCUT2D eigenvalue weighted by molar-refractivity contribution is 6.31. The van der Waals surface area contributed by atoms with E-state index in [0.29, 0.717) is 5.02 Å². The Morgan fingerprint density at radius 2 is 2.29 bits per heavy atom. The molecule has 1 atom stereocenters. The van der Waals surface area contributed by atoms with Crippen LogP contribution in [0.4, 0.5) is 0 Å². The number of Topliss-reactive ketones (excluding diaryl/α,β-unsaturated/α-hetero) is 1. The van der Waals surface area contributed by atoms with Crippen LogP contribution in [0.2, 0.25) is 5.02 Å². The first-order valence-corrected chi connectivity index (χ1v) is 6.53. The predicted octanol–water partition coefficient (Wildman–Crippen LogP) is 3.36. The Bertz CT molecular complexity index is 436. The van der Waals surface area contributed by atoms with Gasteiger partial charge < -0.3 is 5.32 Å². The second-order valence-corrected chi connectivity index (χ2v) is 5.17.